The third kappa shape index (κ3) is 4.78. The molecule has 1 aromatic carbocycles. The Morgan fingerprint density at radius 1 is 1.29 bits per heavy atom. The van der Waals surface area contributed by atoms with Crippen molar-refractivity contribution in [3.05, 3.63) is 53.1 Å². The fourth-order valence-electron chi connectivity index (χ4n) is 2.84. The van der Waals surface area contributed by atoms with Crippen molar-refractivity contribution in [3.8, 4) is 5.69 Å². The van der Waals surface area contributed by atoms with Gasteiger partial charge in [0.1, 0.15) is 5.82 Å². The minimum atomic E-state index is -0.285. The Balaban J connectivity index is 1.67. The summed E-state index contributed by atoms with van der Waals surface area (Å²) >= 11 is 2.78. The van der Waals surface area contributed by atoms with E-state index in [1.807, 2.05) is 24.5 Å². The highest BCUT2D eigenvalue weighted by Crippen LogP contribution is 2.27. The van der Waals surface area contributed by atoms with E-state index in [9.17, 15) is 9.18 Å². The van der Waals surface area contributed by atoms with Crippen LogP contribution in [-0.4, -0.2) is 46.6 Å². The Bertz CT molecular complexity index is 954. The van der Waals surface area contributed by atoms with Gasteiger partial charge in [-0.15, -0.1) is 10.2 Å². The average molecular weight is 421 g/mol. The lowest BCUT2D eigenvalue weighted by Crippen LogP contribution is -2.06. The van der Waals surface area contributed by atoms with E-state index in [0.717, 1.165) is 21.4 Å². The summed E-state index contributed by atoms with van der Waals surface area (Å²) in [5.41, 5.74) is 3.27. The zero-order chi connectivity index (χ0) is 20.1. The number of nitrogens with zero attached hydrogens (tertiary/aromatic N) is 3. The van der Waals surface area contributed by atoms with E-state index in [-0.39, 0.29) is 17.4 Å². The smallest absolute Gasteiger partial charge is 0.206 e. The van der Waals surface area contributed by atoms with Crippen molar-refractivity contribution >= 4 is 34.0 Å². The Kier molecular flexibility index (Phi) is 6.82. The van der Waals surface area contributed by atoms with Gasteiger partial charge in [-0.25, -0.2) is 4.39 Å². The van der Waals surface area contributed by atoms with Crippen LogP contribution in [0.5, 0.6) is 0 Å². The molecule has 0 atom stereocenters. The van der Waals surface area contributed by atoms with Gasteiger partial charge >= 0.3 is 0 Å². The van der Waals surface area contributed by atoms with E-state index in [1.54, 1.807) is 19.2 Å². The summed E-state index contributed by atoms with van der Waals surface area (Å²) in [4.78, 5) is 12.7. The molecule has 0 amide bonds. The SMILES string of the molecule is COCCNc1nnc(SCC(=O)c2cc(C)n(-c3ccc(F)cc3)c2C)s1. The molecule has 3 rings (SSSR count). The van der Waals surface area contributed by atoms with Crippen molar-refractivity contribution in [1.82, 2.24) is 14.8 Å². The zero-order valence-corrected chi connectivity index (χ0v) is 17.5. The molecular weight excluding hydrogens is 399 g/mol. The summed E-state index contributed by atoms with van der Waals surface area (Å²) < 4.78 is 20.9. The van der Waals surface area contributed by atoms with Crippen molar-refractivity contribution in [1.29, 1.82) is 0 Å². The van der Waals surface area contributed by atoms with Gasteiger partial charge in [-0.1, -0.05) is 23.1 Å². The van der Waals surface area contributed by atoms with Gasteiger partial charge in [0, 0.05) is 36.3 Å². The van der Waals surface area contributed by atoms with Crippen LogP contribution in [-0.2, 0) is 4.74 Å². The second-order valence-corrected chi connectivity index (χ2v) is 8.30. The van der Waals surface area contributed by atoms with Crippen LogP contribution in [0, 0.1) is 19.7 Å². The van der Waals surface area contributed by atoms with Crippen LogP contribution in [0.15, 0.2) is 34.7 Å². The number of Topliss-reactive ketones (excluding diaryl/α,β-unsaturated/α-hetero) is 1. The first-order chi connectivity index (χ1) is 13.5. The molecule has 6 nitrogen and oxygen atoms in total. The Hall–Kier alpha value is -2.23. The molecule has 0 aliphatic rings. The molecule has 0 bridgehead atoms. The fraction of sp³-hybridized carbons (Fsp3) is 0.316. The summed E-state index contributed by atoms with van der Waals surface area (Å²) in [5.74, 6) is 0.0167. The molecule has 2 aromatic heterocycles. The summed E-state index contributed by atoms with van der Waals surface area (Å²) in [6.45, 7) is 5.08. The molecule has 0 spiro atoms. The molecule has 0 aliphatic carbocycles. The second-order valence-electron chi connectivity index (χ2n) is 6.10. The predicted molar refractivity (Wildman–Crippen MR) is 111 cm³/mol. The number of halogens is 1. The molecule has 28 heavy (non-hydrogen) atoms. The van der Waals surface area contributed by atoms with E-state index < -0.39 is 0 Å². The van der Waals surface area contributed by atoms with E-state index >= 15 is 0 Å². The molecule has 2 heterocycles. The number of benzene rings is 1. The third-order valence-electron chi connectivity index (χ3n) is 4.13. The monoisotopic (exact) mass is 420 g/mol. The Morgan fingerprint density at radius 3 is 2.75 bits per heavy atom. The lowest BCUT2D eigenvalue weighted by atomic mass is 10.2. The van der Waals surface area contributed by atoms with Crippen molar-refractivity contribution in [2.75, 3.05) is 31.3 Å². The minimum absolute atomic E-state index is 0.0237. The Morgan fingerprint density at radius 2 is 2.04 bits per heavy atom. The largest absolute Gasteiger partial charge is 0.383 e. The number of thioether (sulfide) groups is 1. The van der Waals surface area contributed by atoms with Gasteiger partial charge in [0.15, 0.2) is 10.1 Å². The highest BCUT2D eigenvalue weighted by atomic mass is 32.2. The van der Waals surface area contributed by atoms with Crippen molar-refractivity contribution < 1.29 is 13.9 Å². The number of carbonyl (C=O) groups excluding carboxylic acids is 1. The molecule has 0 fully saturated rings. The summed E-state index contributed by atoms with van der Waals surface area (Å²) in [7, 11) is 1.64. The lowest BCUT2D eigenvalue weighted by molar-refractivity contribution is 0.102. The Labute approximate surface area is 171 Å². The van der Waals surface area contributed by atoms with Gasteiger partial charge in [0.2, 0.25) is 5.13 Å². The average Bonchev–Trinajstić information content (AvgIpc) is 3.25. The number of hydrogen-bond donors (Lipinski definition) is 1. The number of carbonyl (C=O) groups is 1. The molecule has 0 saturated carbocycles. The van der Waals surface area contributed by atoms with Crippen LogP contribution in [0.3, 0.4) is 0 Å². The molecule has 9 heteroatoms. The van der Waals surface area contributed by atoms with E-state index in [1.165, 1.54) is 35.2 Å². The van der Waals surface area contributed by atoms with Gasteiger partial charge in [-0.2, -0.15) is 0 Å². The van der Waals surface area contributed by atoms with E-state index in [2.05, 4.69) is 15.5 Å². The van der Waals surface area contributed by atoms with Crippen LogP contribution in [0.25, 0.3) is 5.69 Å². The van der Waals surface area contributed by atoms with Crippen LogP contribution in [0.4, 0.5) is 9.52 Å². The number of ether oxygens (including phenoxy) is 1. The molecule has 3 aromatic rings. The highest BCUT2D eigenvalue weighted by molar-refractivity contribution is 8.01. The summed E-state index contributed by atoms with van der Waals surface area (Å²) in [5, 5.41) is 12.0. The maximum atomic E-state index is 13.2. The number of nitrogens with one attached hydrogen (secondary N) is 1. The van der Waals surface area contributed by atoms with Crippen LogP contribution >= 0.6 is 23.1 Å². The molecule has 0 aliphatic heterocycles. The fourth-order valence-corrected chi connectivity index (χ4v) is 4.50. The number of rotatable bonds is 9. The van der Waals surface area contributed by atoms with Crippen LogP contribution in [0.2, 0.25) is 0 Å². The molecule has 0 unspecified atom stereocenters. The number of ketones is 1. The highest BCUT2D eigenvalue weighted by Gasteiger charge is 2.18. The lowest BCUT2D eigenvalue weighted by Gasteiger charge is -2.09. The second kappa shape index (κ2) is 9.31. The first-order valence-electron chi connectivity index (χ1n) is 8.66. The number of aromatic nitrogens is 3. The number of methoxy groups -OCH3 is 1. The first kappa shape index (κ1) is 20.5. The maximum absolute atomic E-state index is 13.2. The van der Waals surface area contributed by atoms with Gasteiger partial charge in [-0.05, 0) is 44.2 Å². The molecule has 0 saturated heterocycles. The molecule has 148 valence electrons. The van der Waals surface area contributed by atoms with Crippen molar-refractivity contribution in [2.24, 2.45) is 0 Å². The van der Waals surface area contributed by atoms with Gasteiger partial charge < -0.3 is 14.6 Å². The van der Waals surface area contributed by atoms with Crippen LogP contribution in [0.1, 0.15) is 21.7 Å². The quantitative estimate of drug-likeness (QED) is 0.319. The normalized spacial score (nSPS) is 11.0. The van der Waals surface area contributed by atoms with Gasteiger partial charge in [0.05, 0.1) is 12.4 Å². The zero-order valence-electron chi connectivity index (χ0n) is 15.9. The van der Waals surface area contributed by atoms with Gasteiger partial charge in [-0.3, -0.25) is 4.79 Å². The van der Waals surface area contributed by atoms with Gasteiger partial charge in [0.25, 0.3) is 0 Å². The standard InChI is InChI=1S/C19H21FN4O2S2/c1-12-10-16(13(2)24(12)15-6-4-14(20)5-7-15)17(25)11-27-19-23-22-18(28-19)21-8-9-26-3/h4-7,10H,8-9,11H2,1-3H3,(H,21,22). The topological polar surface area (TPSA) is 69.0 Å². The molecular formula is C19H21FN4O2S2. The van der Waals surface area contributed by atoms with E-state index in [4.69, 9.17) is 4.74 Å². The number of aryl methyl sites for hydroxylation is 1. The molecule has 1 N–H and O–H groups in total. The van der Waals surface area contributed by atoms with Crippen molar-refractivity contribution in [2.45, 2.75) is 18.2 Å². The predicted octanol–water partition coefficient (Wildman–Crippen LogP) is 4.12. The number of anilines is 1. The number of hydrogen-bond acceptors (Lipinski definition) is 7. The maximum Gasteiger partial charge on any atom is 0.206 e. The van der Waals surface area contributed by atoms with E-state index in [0.29, 0.717) is 23.8 Å². The summed E-state index contributed by atoms with van der Waals surface area (Å²) in [6, 6.07) is 8.12. The third-order valence-corrected chi connectivity index (χ3v) is 6.15. The first-order valence-corrected chi connectivity index (χ1v) is 10.5. The van der Waals surface area contributed by atoms with Crippen LogP contribution < -0.4 is 5.32 Å². The molecule has 0 radical (unpaired) electrons. The summed E-state index contributed by atoms with van der Waals surface area (Å²) in [6.07, 6.45) is 0. The van der Waals surface area contributed by atoms with Crippen molar-refractivity contribution in [3.63, 3.8) is 0 Å². The minimum Gasteiger partial charge on any atom is -0.383 e.